The van der Waals surface area contributed by atoms with E-state index in [0.717, 1.165) is 58.0 Å². The number of anilines is 2. The highest BCUT2D eigenvalue weighted by molar-refractivity contribution is 8.13. The van der Waals surface area contributed by atoms with Gasteiger partial charge in [-0.1, -0.05) is 51.2 Å². The number of fused-ring (bicyclic) bond motifs is 2. The van der Waals surface area contributed by atoms with Gasteiger partial charge in [0.25, 0.3) is 0 Å². The van der Waals surface area contributed by atoms with Crippen molar-refractivity contribution < 1.29 is 181 Å². The number of aromatic nitrogens is 8. The van der Waals surface area contributed by atoms with Crippen LogP contribution in [0.5, 0.6) is 0 Å². The molecule has 52 nitrogen and oxygen atoms in total. The summed E-state index contributed by atoms with van der Waals surface area (Å²) >= 11 is 1.57. The number of nitrogens with zero attached hydrogens (tertiary/aromatic N) is 8. The summed E-state index contributed by atoms with van der Waals surface area (Å²) in [5.74, 6) is -5.31. The smallest absolute Gasteiger partial charge is 0.481 e. The molecule has 0 saturated carbocycles. The second-order valence-corrected chi connectivity index (χ2v) is 34.8. The van der Waals surface area contributed by atoms with E-state index in [1.54, 1.807) is 0 Å². The number of ether oxygens (including phenoxy) is 2. The van der Waals surface area contributed by atoms with Gasteiger partial charge in [-0.3, -0.25) is 74.6 Å². The van der Waals surface area contributed by atoms with Gasteiger partial charge in [0.15, 0.2) is 45.6 Å². The Morgan fingerprint density at radius 3 is 1.25 bits per heavy atom. The molecule has 0 spiro atoms. The molecule has 0 aromatic carbocycles. The molecule has 60 heteroatoms. The van der Waals surface area contributed by atoms with E-state index in [4.69, 9.17) is 49.2 Å². The summed E-state index contributed by atoms with van der Waals surface area (Å²) in [7, 11) is -32.9. The molecule has 0 bridgehead atoms. The third-order valence-electron chi connectivity index (χ3n) is 14.4. The van der Waals surface area contributed by atoms with Crippen molar-refractivity contribution >= 4 is 150 Å². The number of hydrogen-bond donors (Lipinski definition) is 20. The number of aliphatic carboxylic acids is 2. The first-order valence-electron chi connectivity index (χ1n) is 30.9. The number of hydrogen-bond acceptors (Lipinski definition) is 38. The van der Waals surface area contributed by atoms with Gasteiger partial charge in [0.1, 0.15) is 78.9 Å². The monoisotopic (exact) mass is 1720 g/mol. The normalized spacial score (nSPS) is 21.8. The van der Waals surface area contributed by atoms with Crippen LogP contribution in [0.2, 0.25) is 0 Å². The topological polar surface area (TPSA) is 802 Å². The standard InChI is InChI=1S/C25H40N7O19P3S.C24H38N7O19P3S/c1-25(2,20(38)23(39)28-6-5-14(33)27-7-8-55-16(36)4-3-15(34)35)10-48-54(45,46)51-53(43,44)47-9-13-19(50-52(40,41)42)18(37)24(49-13)32-12-31-17-21(26)29-11-30-22(17)32;1-24(2,19(37)22(38)27-4-3-13(32)26-5-6-54-15(35)7-14(33)34)9-47-53(44,45)50-52(42,43)46-8-12-18(49-51(39,40)41)17(36)23(48-12)31-11-30-16-20(25)28-10-29-21(16)31/h11-13,18-20,24,37-38H,3-10H2,1-2H3,(H,27,33)(H,28,39)(H,34,35)(H,43,44)(H,45,46)(H2,26,29,30)(H2,40,41,42);10-12,17-19,23,36-37H,3-9H2,1-2H3,(H,26,32)(H,27,38)(H,33,34)(H,42,43)(H,44,45)(H2,25,28,29)(H2,39,40,41)/t13-,18-,19-,20+,24-;12-,17-,18-,19+,23-/m11/s1. The van der Waals surface area contributed by atoms with Gasteiger partial charge in [-0.15, -0.1) is 0 Å². The average Bonchev–Trinajstić information content (AvgIpc) is 1.62. The zero-order chi connectivity index (χ0) is 82.0. The van der Waals surface area contributed by atoms with Gasteiger partial charge in [-0.2, -0.15) is 8.62 Å². The van der Waals surface area contributed by atoms with Crippen molar-refractivity contribution in [3.8, 4) is 0 Å². The van der Waals surface area contributed by atoms with E-state index >= 15 is 0 Å². The van der Waals surface area contributed by atoms with E-state index < -0.39 is 193 Å². The zero-order valence-electron chi connectivity index (χ0n) is 57.0. The van der Waals surface area contributed by atoms with Crippen LogP contribution in [-0.2, 0) is 111 Å². The van der Waals surface area contributed by atoms with E-state index in [-0.39, 0.29) is 102 Å². The fourth-order valence-corrected chi connectivity index (χ4v) is 16.0. The Balaban J connectivity index is 0.000000391. The van der Waals surface area contributed by atoms with Crippen LogP contribution in [0.15, 0.2) is 25.3 Å². The number of carbonyl (C=O) groups is 8. The molecule has 2 saturated heterocycles. The molecular weight excluding hydrogens is 1640 g/mol. The Hall–Kier alpha value is -5.94. The van der Waals surface area contributed by atoms with Crippen LogP contribution in [0.25, 0.3) is 22.3 Å². The van der Waals surface area contributed by atoms with Crippen molar-refractivity contribution in [1.82, 2.24) is 60.3 Å². The van der Waals surface area contributed by atoms with E-state index in [1.807, 2.05) is 0 Å². The van der Waals surface area contributed by atoms with Gasteiger partial charge < -0.3 is 112 Å². The summed E-state index contributed by atoms with van der Waals surface area (Å²) in [5, 5.41) is 68.4. The molecule has 2 aliphatic heterocycles. The first kappa shape index (κ1) is 93.7. The number of aliphatic hydroxyl groups excluding tert-OH is 4. The third kappa shape index (κ3) is 30.5. The fraction of sp³-hybridized carbons (Fsp3) is 0.633. The molecule has 14 atom stereocenters. The van der Waals surface area contributed by atoms with Gasteiger partial charge >= 0.3 is 58.9 Å². The second kappa shape index (κ2) is 40.2. The van der Waals surface area contributed by atoms with Crippen LogP contribution < -0.4 is 32.7 Å². The Kier molecular flexibility index (Phi) is 34.5. The third-order valence-corrected chi connectivity index (χ3v) is 22.4. The van der Waals surface area contributed by atoms with Crippen LogP contribution in [0.1, 0.15) is 72.3 Å². The summed E-state index contributed by atoms with van der Waals surface area (Å²) in [6.45, 7) is 0.345. The molecule has 22 N–H and O–H groups in total. The number of rotatable bonds is 43. The maximum atomic E-state index is 12.6. The molecule has 6 heterocycles. The quantitative estimate of drug-likeness (QED) is 0.0117. The van der Waals surface area contributed by atoms with Crippen LogP contribution in [0.4, 0.5) is 11.6 Å². The number of nitrogens with two attached hydrogens (primary N) is 2. The average molecular weight is 1720 g/mol. The Morgan fingerprint density at radius 1 is 0.523 bits per heavy atom. The van der Waals surface area contributed by atoms with E-state index in [2.05, 4.69) is 68.8 Å². The number of amides is 4. The predicted octanol–water partition coefficient (Wildman–Crippen LogP) is -3.33. The van der Waals surface area contributed by atoms with Gasteiger partial charge in [0.2, 0.25) is 23.6 Å². The fourth-order valence-electron chi connectivity index (χ4n) is 9.05. The molecule has 4 amide bonds. The van der Waals surface area contributed by atoms with Gasteiger partial charge in [0.05, 0.1) is 45.5 Å². The lowest BCUT2D eigenvalue weighted by Crippen LogP contribution is -2.46. The summed E-state index contributed by atoms with van der Waals surface area (Å²) < 4.78 is 124. The number of nitrogen functional groups attached to an aromatic ring is 2. The lowest BCUT2D eigenvalue weighted by molar-refractivity contribution is -0.139. The Bertz CT molecular complexity index is 4190. The zero-order valence-corrected chi connectivity index (χ0v) is 64.0. The number of imidazole rings is 2. The van der Waals surface area contributed by atoms with Crippen LogP contribution in [0, 0.1) is 10.8 Å². The van der Waals surface area contributed by atoms with E-state index in [0.29, 0.717) is 0 Å². The van der Waals surface area contributed by atoms with Crippen molar-refractivity contribution in [3.05, 3.63) is 25.3 Å². The lowest BCUT2D eigenvalue weighted by atomic mass is 9.87. The highest BCUT2D eigenvalue weighted by atomic mass is 32.2. The first-order chi connectivity index (χ1) is 50.3. The number of carboxylic acids is 2. The molecule has 2 fully saturated rings. The number of carbonyl (C=O) groups excluding carboxylic acids is 6. The van der Waals surface area contributed by atoms with E-state index in [9.17, 15) is 125 Å². The molecule has 0 aliphatic carbocycles. The number of carboxylic acid groups (broad SMARTS) is 2. The minimum atomic E-state index is -5.59. The number of phosphoric ester groups is 6. The van der Waals surface area contributed by atoms with Gasteiger partial charge in [-0.05, 0) is 0 Å². The predicted molar refractivity (Wildman–Crippen MR) is 363 cm³/mol. The number of phosphoric acid groups is 6. The summed E-state index contributed by atoms with van der Waals surface area (Å²) in [6, 6.07) is 0. The maximum Gasteiger partial charge on any atom is 0.481 e. The molecule has 0 radical (unpaired) electrons. The summed E-state index contributed by atoms with van der Waals surface area (Å²) in [4.78, 5) is 194. The molecular formula is C49H78N14O38P6S2. The Morgan fingerprint density at radius 2 is 0.890 bits per heavy atom. The molecule has 6 rings (SSSR count). The highest BCUT2D eigenvalue weighted by Crippen LogP contribution is 2.63. The van der Waals surface area contributed by atoms with Crippen molar-refractivity contribution in [3.63, 3.8) is 0 Å². The molecule has 4 unspecified atom stereocenters. The number of thioether (sulfide) groups is 2. The first-order valence-corrected chi connectivity index (χ1v) is 41.9. The lowest BCUT2D eigenvalue weighted by Gasteiger charge is -2.30. The van der Waals surface area contributed by atoms with Gasteiger partial charge in [0, 0.05) is 67.8 Å². The number of nitrogens with one attached hydrogen (secondary N) is 4. The van der Waals surface area contributed by atoms with Crippen LogP contribution in [0.3, 0.4) is 0 Å². The molecule has 4 aromatic rings. The largest absolute Gasteiger partial charge is 0.481 e. The van der Waals surface area contributed by atoms with Crippen molar-refractivity contribution in [1.29, 1.82) is 0 Å². The van der Waals surface area contributed by atoms with Crippen molar-refractivity contribution in [2.45, 2.75) is 121 Å². The van der Waals surface area contributed by atoms with Crippen LogP contribution in [-0.4, -0.2) is 268 Å². The molecule has 614 valence electrons. The number of aliphatic hydroxyl groups is 4. The highest BCUT2D eigenvalue weighted by Gasteiger charge is 2.53. The van der Waals surface area contributed by atoms with E-state index in [1.165, 1.54) is 27.7 Å². The summed E-state index contributed by atoms with van der Waals surface area (Å²) in [5.41, 5.74) is 8.39. The van der Waals surface area contributed by atoms with Gasteiger partial charge in [-0.25, -0.2) is 57.3 Å². The second-order valence-electron chi connectivity index (χ2n) is 24.0. The molecule has 2 aliphatic rings. The minimum absolute atomic E-state index is 0.0185. The Labute approximate surface area is 621 Å². The van der Waals surface area contributed by atoms with Crippen molar-refractivity contribution in [2.24, 2.45) is 10.8 Å². The van der Waals surface area contributed by atoms with Crippen LogP contribution >= 0.6 is 70.5 Å². The minimum Gasteiger partial charge on any atom is -0.481 e. The van der Waals surface area contributed by atoms with Crippen molar-refractivity contribution in [2.75, 3.05) is 75.6 Å². The maximum absolute atomic E-state index is 12.6. The molecule has 4 aromatic heterocycles. The SMILES string of the molecule is CC(C)(COP(=O)(O)OP(=O)(O)OC[C@H]1O[C@@H](n2cnc3c(N)ncnc32)[C@H](O)[C@@H]1OP(=O)(O)O)[C@@H](O)C(=O)NCCC(=O)NCCSC(=O)CC(=O)O.CC(C)(COP(=O)(O)OP(=O)(O)OC[C@H]1O[C@@H](n2cnc3c(N)ncnc32)[C@H](O)[C@@H]1OP(=O)(O)O)[C@@H](O)C(=O)NCCC(=O)NCCSC(=O)CCC(=O)O. The molecule has 109 heavy (non-hydrogen) atoms. The summed E-state index contributed by atoms with van der Waals surface area (Å²) in [6.07, 6.45) is -15.3.